The van der Waals surface area contributed by atoms with Gasteiger partial charge in [-0.2, -0.15) is 0 Å². The van der Waals surface area contributed by atoms with E-state index in [0.29, 0.717) is 5.65 Å². The Bertz CT molecular complexity index is 1770. The van der Waals surface area contributed by atoms with Crippen LogP contribution in [0.5, 0.6) is 0 Å². The number of hydrogen-bond acceptors (Lipinski definition) is 15. The number of alkyl halides is 2. The third-order valence-corrected chi connectivity index (χ3v) is 9.96. The monoisotopic (exact) mass is 659 g/mol. The van der Waals surface area contributed by atoms with E-state index in [0.717, 1.165) is 0 Å². The van der Waals surface area contributed by atoms with Crippen LogP contribution in [0.1, 0.15) is 18.7 Å². The first-order valence-corrected chi connectivity index (χ1v) is 16.5. The second-order valence-corrected chi connectivity index (χ2v) is 13.8. The molecule has 6 heterocycles. The van der Waals surface area contributed by atoms with Crippen LogP contribution in [0.25, 0.3) is 22.3 Å². The summed E-state index contributed by atoms with van der Waals surface area (Å²) in [6.07, 6.45) is -3.95. The number of ether oxygens (including phenoxy) is 1. The molecule has 1 saturated carbocycles. The fraction of sp³-hybridized carbons (Fsp3) is 0.524. The van der Waals surface area contributed by atoms with Crippen molar-refractivity contribution < 1.29 is 41.1 Å². The van der Waals surface area contributed by atoms with Gasteiger partial charge in [0.2, 0.25) is 0 Å². The zero-order chi connectivity index (χ0) is 30.0. The Kier molecular flexibility index (Phi) is 7.31. The smallest absolute Gasteiger partial charge is 0.382 e. The summed E-state index contributed by atoms with van der Waals surface area (Å²) < 4.78 is 75.4. The predicted molar refractivity (Wildman–Crippen MR) is 146 cm³/mol. The molecule has 5 N–H and O–H groups in total. The number of rotatable bonds is 2. The number of nitrogen functional groups attached to an aromatic ring is 2. The molecule has 0 spiro atoms. The molecular weight excluding hydrogens is 636 g/mol. The number of anilines is 2. The maximum absolute atomic E-state index is 16.0. The first kappa shape index (κ1) is 28.8. The third kappa shape index (κ3) is 5.05. The molecule has 10 atom stereocenters. The SMILES string of the molecule is Nc1ncnc2c1ncn2[C@@H]1C[C@@H]2CO[P+](=O)O[C@H]3[C@@H](F)[C@H](n4cnc5c(N)ncnc54)O[C@@H]3COP(O)(=S)O[C@H]2[C@H]1F. The van der Waals surface area contributed by atoms with Crippen molar-refractivity contribution in [3.05, 3.63) is 25.3 Å². The molecule has 0 bridgehead atoms. The minimum atomic E-state index is -4.13. The van der Waals surface area contributed by atoms with Gasteiger partial charge in [-0.05, 0) is 18.2 Å². The average Bonchev–Trinajstić information content (AvgIpc) is 3.73. The third-order valence-electron chi connectivity index (χ3n) is 7.62. The minimum absolute atomic E-state index is 0.0791. The van der Waals surface area contributed by atoms with Gasteiger partial charge >= 0.3 is 15.0 Å². The molecule has 0 amide bonds. The predicted octanol–water partition coefficient (Wildman–Crippen LogP) is 1.66. The van der Waals surface area contributed by atoms with E-state index in [4.69, 9.17) is 46.1 Å². The molecule has 2 aliphatic heterocycles. The molecule has 2 saturated heterocycles. The summed E-state index contributed by atoms with van der Waals surface area (Å²) in [5.74, 6) is -0.574. The van der Waals surface area contributed by atoms with Gasteiger partial charge in [0.05, 0.1) is 25.3 Å². The highest BCUT2D eigenvalue weighted by molar-refractivity contribution is 8.07. The highest BCUT2D eigenvalue weighted by Crippen LogP contribution is 2.53. The van der Waals surface area contributed by atoms with E-state index in [2.05, 4.69) is 29.9 Å². The zero-order valence-electron chi connectivity index (χ0n) is 21.7. The van der Waals surface area contributed by atoms with Gasteiger partial charge in [0, 0.05) is 10.5 Å². The van der Waals surface area contributed by atoms with E-state index in [-0.39, 0.29) is 41.3 Å². The first-order valence-electron chi connectivity index (χ1n) is 12.8. The maximum Gasteiger partial charge on any atom is 0.697 e. The quantitative estimate of drug-likeness (QED) is 0.260. The van der Waals surface area contributed by atoms with Gasteiger partial charge in [-0.3, -0.25) is 4.57 Å². The Morgan fingerprint density at radius 2 is 1.60 bits per heavy atom. The molecule has 1 aliphatic carbocycles. The number of imidazole rings is 2. The van der Waals surface area contributed by atoms with Crippen molar-refractivity contribution in [3.8, 4) is 0 Å². The summed E-state index contributed by atoms with van der Waals surface area (Å²) in [5, 5.41) is 0. The maximum atomic E-state index is 16.0. The van der Waals surface area contributed by atoms with Gasteiger partial charge in [-0.15, -0.1) is 9.05 Å². The summed E-state index contributed by atoms with van der Waals surface area (Å²) in [4.78, 5) is 35.2. The number of nitrogens with zero attached hydrogens (tertiary/aromatic N) is 8. The summed E-state index contributed by atoms with van der Waals surface area (Å²) in [6.45, 7) is -5.01. The topological polar surface area (TPSA) is 223 Å². The molecule has 7 rings (SSSR count). The lowest BCUT2D eigenvalue weighted by molar-refractivity contribution is -0.0469. The van der Waals surface area contributed by atoms with E-state index >= 15 is 8.78 Å². The molecule has 3 aliphatic rings. The van der Waals surface area contributed by atoms with Crippen LogP contribution in [0.15, 0.2) is 25.3 Å². The lowest BCUT2D eigenvalue weighted by atomic mass is 10.1. The standard InChI is InChI=1S/C21H22F2N10O7P2S/c22-11-9(32-6-30-13-17(24)26-4-28-19(13)32)1-8-2-36-41(34)39-16-10(3-37-42(35,43)40-15(8)11)38-21(12(16)23)33-7-31-14-18(25)27-5-29-20(14)33/h4-12,15-16,21H,1-3H2,(H4-,24,25,26,27,28,29,35,43)/p+1/t8-,9-,10-,11+,12-,15-,16-,21-,42?/m1/s1. The van der Waals surface area contributed by atoms with Gasteiger partial charge < -0.3 is 34.7 Å². The van der Waals surface area contributed by atoms with Crippen LogP contribution in [0.3, 0.4) is 0 Å². The van der Waals surface area contributed by atoms with Crippen molar-refractivity contribution in [1.29, 1.82) is 0 Å². The average molecular weight is 659 g/mol. The Labute approximate surface area is 246 Å². The molecule has 0 aromatic carbocycles. The second kappa shape index (κ2) is 10.9. The van der Waals surface area contributed by atoms with Crippen molar-refractivity contribution in [2.75, 3.05) is 24.7 Å². The van der Waals surface area contributed by atoms with Crippen LogP contribution in [0.2, 0.25) is 0 Å². The van der Waals surface area contributed by atoms with Crippen LogP contribution in [0.4, 0.5) is 20.4 Å². The zero-order valence-corrected chi connectivity index (χ0v) is 24.3. The van der Waals surface area contributed by atoms with Crippen molar-refractivity contribution in [3.63, 3.8) is 0 Å². The normalized spacial score (nSPS) is 36.3. The molecule has 17 nitrogen and oxygen atoms in total. The highest BCUT2D eigenvalue weighted by atomic mass is 32.5. The Morgan fingerprint density at radius 1 is 0.953 bits per heavy atom. The number of fused-ring (bicyclic) bond motifs is 4. The van der Waals surface area contributed by atoms with Crippen molar-refractivity contribution >= 4 is 60.7 Å². The van der Waals surface area contributed by atoms with Crippen molar-refractivity contribution in [1.82, 2.24) is 39.0 Å². The van der Waals surface area contributed by atoms with E-state index < -0.39 is 70.4 Å². The molecule has 0 radical (unpaired) electrons. The summed E-state index contributed by atoms with van der Waals surface area (Å²) >= 11 is 5.20. The summed E-state index contributed by atoms with van der Waals surface area (Å²) in [6, 6.07) is -0.890. The molecule has 228 valence electrons. The van der Waals surface area contributed by atoms with Crippen molar-refractivity contribution in [2.24, 2.45) is 5.92 Å². The van der Waals surface area contributed by atoms with E-state index in [9.17, 15) is 9.46 Å². The fourth-order valence-electron chi connectivity index (χ4n) is 5.61. The number of hydrogen-bond donors (Lipinski definition) is 3. The second-order valence-electron chi connectivity index (χ2n) is 10.1. The lowest BCUT2D eigenvalue weighted by Gasteiger charge is -2.27. The van der Waals surface area contributed by atoms with Crippen LogP contribution >= 0.6 is 15.0 Å². The van der Waals surface area contributed by atoms with Gasteiger partial charge in [0.1, 0.15) is 48.7 Å². The van der Waals surface area contributed by atoms with E-state index in [1.54, 1.807) is 0 Å². The Hall–Kier alpha value is -2.93. The number of aromatic nitrogens is 8. The molecular formula is C21H23F2N10O7P2S+. The Morgan fingerprint density at radius 3 is 2.30 bits per heavy atom. The largest absolute Gasteiger partial charge is 0.697 e. The van der Waals surface area contributed by atoms with Gasteiger partial charge in [-0.1, -0.05) is 0 Å². The molecule has 3 fully saturated rings. The highest BCUT2D eigenvalue weighted by Gasteiger charge is 2.55. The van der Waals surface area contributed by atoms with Crippen LogP contribution < -0.4 is 11.5 Å². The van der Waals surface area contributed by atoms with Gasteiger partial charge in [-0.25, -0.2) is 38.7 Å². The lowest BCUT2D eigenvalue weighted by Crippen LogP contribution is -2.34. The van der Waals surface area contributed by atoms with E-state index in [1.807, 2.05) is 0 Å². The van der Waals surface area contributed by atoms with Crippen LogP contribution in [-0.2, 0) is 39.2 Å². The summed E-state index contributed by atoms with van der Waals surface area (Å²) in [7, 11) is -2.92. The fourth-order valence-corrected chi connectivity index (χ4v) is 7.91. The molecule has 43 heavy (non-hydrogen) atoms. The van der Waals surface area contributed by atoms with Crippen LogP contribution in [-0.4, -0.2) is 87.8 Å². The molecule has 4 aromatic rings. The summed E-state index contributed by atoms with van der Waals surface area (Å²) in [5.41, 5.74) is 12.7. The number of halogens is 2. The minimum Gasteiger partial charge on any atom is -0.382 e. The van der Waals surface area contributed by atoms with Gasteiger partial charge in [0.25, 0.3) is 0 Å². The van der Waals surface area contributed by atoms with Crippen molar-refractivity contribution in [2.45, 2.75) is 49.3 Å². The van der Waals surface area contributed by atoms with Crippen LogP contribution in [0, 0.1) is 5.92 Å². The van der Waals surface area contributed by atoms with Gasteiger partial charge in [0.15, 0.2) is 41.4 Å². The molecule has 2 unspecified atom stereocenters. The number of nitrogens with two attached hydrogens (primary N) is 2. The van der Waals surface area contributed by atoms with E-state index in [1.165, 1.54) is 34.4 Å². The molecule has 22 heteroatoms. The molecule has 4 aromatic heterocycles. The Balaban J connectivity index is 1.14. The first-order chi connectivity index (χ1) is 20.6.